The van der Waals surface area contributed by atoms with Crippen LogP contribution in [-0.2, 0) is 0 Å². The summed E-state index contributed by atoms with van der Waals surface area (Å²) in [7, 11) is 0. The van der Waals surface area contributed by atoms with Gasteiger partial charge in [-0.25, -0.2) is 4.98 Å². The summed E-state index contributed by atoms with van der Waals surface area (Å²) in [5.41, 5.74) is 6.76. The van der Waals surface area contributed by atoms with Crippen LogP contribution < -0.4 is 11.1 Å². The highest BCUT2D eigenvalue weighted by Crippen LogP contribution is 2.19. The third kappa shape index (κ3) is 2.05. The maximum Gasteiger partial charge on any atom is 0.225 e. The Kier molecular flexibility index (Phi) is 2.90. The molecule has 3 N–H and O–H groups in total. The summed E-state index contributed by atoms with van der Waals surface area (Å²) in [4.78, 5) is 8.67. The maximum atomic E-state index is 5.88. The van der Waals surface area contributed by atoms with Gasteiger partial charge < -0.3 is 11.1 Å². The second-order valence-electron chi connectivity index (χ2n) is 3.90. The standard InChI is InChI=1S/C12H16N4/c1-3-8(2)14-12-15-10-7-5-4-6-9(10)11(13)16-12/h4-8H,3H2,1-2H3,(H3,13,14,15,16). The van der Waals surface area contributed by atoms with Crippen LogP contribution in [-0.4, -0.2) is 16.0 Å². The summed E-state index contributed by atoms with van der Waals surface area (Å²) in [6.07, 6.45) is 1.02. The van der Waals surface area contributed by atoms with Crippen LogP contribution >= 0.6 is 0 Å². The van der Waals surface area contributed by atoms with Crippen LogP contribution in [0.3, 0.4) is 0 Å². The van der Waals surface area contributed by atoms with Gasteiger partial charge in [0.05, 0.1) is 5.52 Å². The van der Waals surface area contributed by atoms with Crippen LogP contribution in [0.5, 0.6) is 0 Å². The molecular weight excluding hydrogens is 200 g/mol. The minimum atomic E-state index is 0.348. The monoisotopic (exact) mass is 216 g/mol. The number of aromatic nitrogens is 2. The lowest BCUT2D eigenvalue weighted by Crippen LogP contribution is -2.16. The van der Waals surface area contributed by atoms with Crippen molar-refractivity contribution >= 4 is 22.7 Å². The Morgan fingerprint density at radius 1 is 1.31 bits per heavy atom. The average Bonchev–Trinajstić information content (AvgIpc) is 2.29. The fourth-order valence-electron chi connectivity index (χ4n) is 1.49. The first-order valence-electron chi connectivity index (χ1n) is 5.49. The average molecular weight is 216 g/mol. The van der Waals surface area contributed by atoms with E-state index in [0.29, 0.717) is 17.8 Å². The first-order chi connectivity index (χ1) is 7.70. The quantitative estimate of drug-likeness (QED) is 0.827. The number of anilines is 2. The molecule has 4 heteroatoms. The van der Waals surface area contributed by atoms with Crippen molar-refractivity contribution in [2.45, 2.75) is 26.3 Å². The van der Waals surface area contributed by atoms with Gasteiger partial charge in [-0.15, -0.1) is 0 Å². The van der Waals surface area contributed by atoms with Crippen LogP contribution in [0, 0.1) is 0 Å². The van der Waals surface area contributed by atoms with Crippen molar-refractivity contribution in [3.8, 4) is 0 Å². The molecule has 1 aromatic carbocycles. The number of nitrogens with two attached hydrogens (primary N) is 1. The fourth-order valence-corrected chi connectivity index (χ4v) is 1.49. The molecule has 0 aliphatic heterocycles. The number of nitrogens with one attached hydrogen (secondary N) is 1. The Hall–Kier alpha value is -1.84. The van der Waals surface area contributed by atoms with Gasteiger partial charge in [0.25, 0.3) is 0 Å². The molecule has 0 saturated carbocycles. The minimum absolute atomic E-state index is 0.348. The molecule has 0 fully saturated rings. The van der Waals surface area contributed by atoms with Gasteiger partial charge in [0.1, 0.15) is 5.82 Å². The maximum absolute atomic E-state index is 5.88. The Balaban J connectivity index is 2.41. The van der Waals surface area contributed by atoms with E-state index in [9.17, 15) is 0 Å². The first kappa shape index (κ1) is 10.7. The van der Waals surface area contributed by atoms with E-state index in [0.717, 1.165) is 17.3 Å². The number of hydrogen-bond acceptors (Lipinski definition) is 4. The molecular formula is C12H16N4. The zero-order valence-electron chi connectivity index (χ0n) is 9.57. The van der Waals surface area contributed by atoms with Crippen molar-refractivity contribution in [3.05, 3.63) is 24.3 Å². The van der Waals surface area contributed by atoms with Gasteiger partial charge in [0, 0.05) is 11.4 Å². The Labute approximate surface area is 94.9 Å². The van der Waals surface area contributed by atoms with Gasteiger partial charge in [-0.05, 0) is 25.5 Å². The summed E-state index contributed by atoms with van der Waals surface area (Å²) in [6.45, 7) is 4.21. The molecule has 0 aliphatic carbocycles. The third-order valence-corrected chi connectivity index (χ3v) is 2.62. The summed E-state index contributed by atoms with van der Waals surface area (Å²) in [6, 6.07) is 8.10. The van der Waals surface area contributed by atoms with E-state index < -0.39 is 0 Å². The van der Waals surface area contributed by atoms with E-state index in [4.69, 9.17) is 5.73 Å². The third-order valence-electron chi connectivity index (χ3n) is 2.62. The van der Waals surface area contributed by atoms with Crippen molar-refractivity contribution in [2.75, 3.05) is 11.1 Å². The van der Waals surface area contributed by atoms with E-state index in [1.165, 1.54) is 0 Å². The second kappa shape index (κ2) is 4.35. The van der Waals surface area contributed by atoms with E-state index >= 15 is 0 Å². The smallest absolute Gasteiger partial charge is 0.225 e. The molecule has 0 spiro atoms. The van der Waals surface area contributed by atoms with Crippen molar-refractivity contribution in [3.63, 3.8) is 0 Å². The number of nitrogen functional groups attached to an aromatic ring is 1. The molecule has 2 rings (SSSR count). The molecule has 0 radical (unpaired) electrons. The van der Waals surface area contributed by atoms with E-state index in [-0.39, 0.29) is 0 Å². The molecule has 1 unspecified atom stereocenters. The highest BCUT2D eigenvalue weighted by molar-refractivity contribution is 5.88. The van der Waals surface area contributed by atoms with Gasteiger partial charge in [-0.1, -0.05) is 19.1 Å². The zero-order chi connectivity index (χ0) is 11.5. The lowest BCUT2D eigenvalue weighted by molar-refractivity contribution is 0.754. The van der Waals surface area contributed by atoms with Crippen molar-refractivity contribution in [2.24, 2.45) is 0 Å². The highest BCUT2D eigenvalue weighted by atomic mass is 15.1. The van der Waals surface area contributed by atoms with Gasteiger partial charge in [0.2, 0.25) is 5.95 Å². The molecule has 4 nitrogen and oxygen atoms in total. The summed E-state index contributed by atoms with van der Waals surface area (Å²) in [5, 5.41) is 4.12. The van der Waals surface area contributed by atoms with E-state index in [2.05, 4.69) is 29.1 Å². The van der Waals surface area contributed by atoms with E-state index in [1.807, 2.05) is 24.3 Å². The van der Waals surface area contributed by atoms with Crippen LogP contribution in [0.1, 0.15) is 20.3 Å². The second-order valence-corrected chi connectivity index (χ2v) is 3.90. The van der Waals surface area contributed by atoms with Crippen LogP contribution in [0.15, 0.2) is 24.3 Å². The number of benzene rings is 1. The number of rotatable bonds is 3. The number of hydrogen-bond donors (Lipinski definition) is 2. The highest BCUT2D eigenvalue weighted by Gasteiger charge is 2.06. The van der Waals surface area contributed by atoms with Crippen LogP contribution in [0.4, 0.5) is 11.8 Å². The number of fused-ring (bicyclic) bond motifs is 1. The van der Waals surface area contributed by atoms with Crippen molar-refractivity contribution in [1.29, 1.82) is 0 Å². The van der Waals surface area contributed by atoms with Crippen molar-refractivity contribution < 1.29 is 0 Å². The predicted octanol–water partition coefficient (Wildman–Crippen LogP) is 2.42. The zero-order valence-corrected chi connectivity index (χ0v) is 9.57. The Morgan fingerprint density at radius 3 is 2.81 bits per heavy atom. The van der Waals surface area contributed by atoms with Gasteiger partial charge >= 0.3 is 0 Å². The molecule has 0 bridgehead atoms. The van der Waals surface area contributed by atoms with E-state index in [1.54, 1.807) is 0 Å². The van der Waals surface area contributed by atoms with Crippen molar-refractivity contribution in [1.82, 2.24) is 9.97 Å². The molecule has 16 heavy (non-hydrogen) atoms. The molecule has 0 aliphatic rings. The predicted molar refractivity (Wildman–Crippen MR) is 67.3 cm³/mol. The molecule has 84 valence electrons. The minimum Gasteiger partial charge on any atom is -0.383 e. The topological polar surface area (TPSA) is 63.8 Å². The fraction of sp³-hybridized carbons (Fsp3) is 0.333. The first-order valence-corrected chi connectivity index (χ1v) is 5.49. The summed E-state index contributed by atoms with van der Waals surface area (Å²) >= 11 is 0. The SMILES string of the molecule is CCC(C)Nc1nc(N)c2ccccc2n1. The van der Waals surface area contributed by atoms with Gasteiger partial charge in [-0.3, -0.25) is 0 Å². The number of para-hydroxylation sites is 1. The number of nitrogens with zero attached hydrogens (tertiary/aromatic N) is 2. The van der Waals surface area contributed by atoms with Gasteiger partial charge in [0.15, 0.2) is 0 Å². The molecule has 2 aromatic rings. The Morgan fingerprint density at radius 2 is 2.06 bits per heavy atom. The molecule has 1 aromatic heterocycles. The molecule has 1 atom stereocenters. The molecule has 0 saturated heterocycles. The normalized spacial score (nSPS) is 12.6. The van der Waals surface area contributed by atoms with Gasteiger partial charge in [-0.2, -0.15) is 4.98 Å². The lowest BCUT2D eigenvalue weighted by atomic mass is 10.2. The lowest BCUT2D eigenvalue weighted by Gasteiger charge is -2.12. The summed E-state index contributed by atoms with van der Waals surface area (Å²) < 4.78 is 0. The molecule has 0 amide bonds. The Bertz CT molecular complexity index is 495. The van der Waals surface area contributed by atoms with Crippen LogP contribution in [0.25, 0.3) is 10.9 Å². The summed E-state index contributed by atoms with van der Waals surface area (Å²) in [5.74, 6) is 1.13. The largest absolute Gasteiger partial charge is 0.383 e. The molecule has 1 heterocycles. The van der Waals surface area contributed by atoms with Crippen LogP contribution in [0.2, 0.25) is 0 Å².